The van der Waals surface area contributed by atoms with Crippen molar-refractivity contribution in [2.75, 3.05) is 27.4 Å². The Hall–Kier alpha value is -4.47. The van der Waals surface area contributed by atoms with Crippen molar-refractivity contribution in [3.05, 3.63) is 98.6 Å². The predicted octanol–water partition coefficient (Wildman–Crippen LogP) is 4.26. The molecule has 2 amide bonds. The Morgan fingerprint density at radius 3 is 2.57 bits per heavy atom. The van der Waals surface area contributed by atoms with Gasteiger partial charge in [-0.05, 0) is 59.0 Å². The lowest BCUT2D eigenvalue weighted by molar-refractivity contribution is -0.118. The van der Waals surface area contributed by atoms with Crippen molar-refractivity contribution in [3.63, 3.8) is 0 Å². The fourth-order valence-corrected chi connectivity index (χ4v) is 6.18. The fraction of sp³-hybridized carbons (Fsp3) is 0.265. The van der Waals surface area contributed by atoms with Gasteiger partial charge in [0.1, 0.15) is 24.3 Å². The van der Waals surface area contributed by atoms with E-state index in [1.54, 1.807) is 30.3 Å². The molecular weight excluding hydrogens is 726 g/mol. The van der Waals surface area contributed by atoms with Crippen molar-refractivity contribution in [2.45, 2.75) is 31.2 Å². The third kappa shape index (κ3) is 7.26. The number of rotatable bonds is 12. The molecule has 0 aliphatic heterocycles. The van der Waals surface area contributed by atoms with E-state index in [-0.39, 0.29) is 54.5 Å². The number of fused-ring (bicyclic) bond motifs is 1. The molecule has 0 saturated carbocycles. The molecule has 0 spiro atoms. The van der Waals surface area contributed by atoms with Gasteiger partial charge in [-0.15, -0.1) is 0 Å². The zero-order valence-corrected chi connectivity index (χ0v) is 27.6. The molecule has 0 unspecified atom stereocenters. The smallest absolute Gasteiger partial charge is 0.290 e. The van der Waals surface area contributed by atoms with Crippen LogP contribution in [0.4, 0.5) is 4.39 Å². The van der Waals surface area contributed by atoms with Crippen LogP contribution < -0.4 is 19.5 Å². The predicted molar refractivity (Wildman–Crippen MR) is 177 cm³/mol. The summed E-state index contributed by atoms with van der Waals surface area (Å²) in [5, 5.41) is 24.4. The highest BCUT2D eigenvalue weighted by molar-refractivity contribution is 14.1. The molecule has 3 aromatic carbocycles. The number of hydrogen-bond acceptors (Lipinski definition) is 9. The van der Waals surface area contributed by atoms with Gasteiger partial charge in [0.05, 0.1) is 30.4 Å². The van der Waals surface area contributed by atoms with Gasteiger partial charge in [0.2, 0.25) is 5.91 Å². The van der Waals surface area contributed by atoms with Gasteiger partial charge in [-0.2, -0.15) is 0 Å². The summed E-state index contributed by atoms with van der Waals surface area (Å²) < 4.78 is 38.6. The van der Waals surface area contributed by atoms with Crippen molar-refractivity contribution < 1.29 is 47.6 Å². The molecule has 4 aromatic rings. The van der Waals surface area contributed by atoms with E-state index < -0.39 is 35.9 Å². The number of ether oxygens (including phenoxy) is 3. The largest absolute Gasteiger partial charge is 0.493 e. The van der Waals surface area contributed by atoms with Crippen molar-refractivity contribution >= 4 is 51.7 Å². The monoisotopic (exact) mass is 758 g/mol. The molecule has 0 fully saturated rings. The molecule has 1 aliphatic carbocycles. The van der Waals surface area contributed by atoms with Crippen LogP contribution in [0.2, 0.25) is 0 Å². The molecule has 11 nitrogen and oxygen atoms in total. The number of aldehydes is 1. The van der Waals surface area contributed by atoms with E-state index >= 15 is 4.39 Å². The van der Waals surface area contributed by atoms with Crippen LogP contribution >= 0.6 is 22.6 Å². The molecule has 0 bridgehead atoms. The van der Waals surface area contributed by atoms with Gasteiger partial charge in [0.15, 0.2) is 28.6 Å². The molecular formula is C34H32FIN2O9. The molecule has 246 valence electrons. The highest BCUT2D eigenvalue weighted by atomic mass is 127. The minimum absolute atomic E-state index is 0.0352. The zero-order chi connectivity index (χ0) is 33.7. The first kappa shape index (κ1) is 33.9. The highest BCUT2D eigenvalue weighted by Crippen LogP contribution is 2.38. The van der Waals surface area contributed by atoms with Crippen molar-refractivity contribution in [2.24, 2.45) is 0 Å². The molecule has 0 saturated heterocycles. The molecule has 1 aliphatic rings. The maximum absolute atomic E-state index is 15.0. The second-order valence-electron chi connectivity index (χ2n) is 10.7. The molecule has 5 rings (SSSR count). The van der Waals surface area contributed by atoms with E-state index in [2.05, 4.69) is 5.32 Å². The van der Waals surface area contributed by atoms with Crippen LogP contribution in [0.3, 0.4) is 0 Å². The Morgan fingerprint density at radius 1 is 1.11 bits per heavy atom. The summed E-state index contributed by atoms with van der Waals surface area (Å²) in [7, 11) is 2.87. The maximum Gasteiger partial charge on any atom is 0.290 e. The van der Waals surface area contributed by atoms with E-state index in [9.17, 15) is 24.6 Å². The Morgan fingerprint density at radius 2 is 1.87 bits per heavy atom. The first-order valence-corrected chi connectivity index (χ1v) is 15.6. The van der Waals surface area contributed by atoms with Gasteiger partial charge in [-0.1, -0.05) is 30.3 Å². The first-order chi connectivity index (χ1) is 22.7. The van der Waals surface area contributed by atoms with E-state index in [0.29, 0.717) is 32.1 Å². The Balaban J connectivity index is 1.60. The van der Waals surface area contributed by atoms with E-state index in [1.807, 2.05) is 22.6 Å². The van der Waals surface area contributed by atoms with Gasteiger partial charge in [0.25, 0.3) is 5.91 Å². The number of aliphatic hydroxyl groups excluding tert-OH is 2. The number of benzene rings is 3. The van der Waals surface area contributed by atoms with Gasteiger partial charge < -0.3 is 39.1 Å². The van der Waals surface area contributed by atoms with Crippen LogP contribution in [0.1, 0.15) is 32.9 Å². The lowest BCUT2D eigenvalue weighted by Gasteiger charge is -2.40. The lowest BCUT2D eigenvalue weighted by atomic mass is 9.87. The maximum atomic E-state index is 15.0. The van der Waals surface area contributed by atoms with E-state index in [1.165, 1.54) is 55.5 Å². The summed E-state index contributed by atoms with van der Waals surface area (Å²) in [5.74, 6) is -1.06. The minimum Gasteiger partial charge on any atom is -0.493 e. The first-order valence-electron chi connectivity index (χ1n) is 14.6. The number of halogens is 2. The summed E-state index contributed by atoms with van der Waals surface area (Å²) in [6, 6.07) is 14.6. The average molecular weight is 759 g/mol. The topological polar surface area (TPSA) is 148 Å². The normalized spacial score (nSPS) is 17.5. The summed E-state index contributed by atoms with van der Waals surface area (Å²) >= 11 is 1.96. The average Bonchev–Trinajstić information content (AvgIpc) is 3.53. The molecule has 1 heterocycles. The highest BCUT2D eigenvalue weighted by Gasteiger charge is 2.42. The molecule has 3 atom stereocenters. The zero-order valence-electron chi connectivity index (χ0n) is 25.4. The van der Waals surface area contributed by atoms with Gasteiger partial charge in [-0.25, -0.2) is 4.39 Å². The summed E-state index contributed by atoms with van der Waals surface area (Å²) in [5.41, 5.74) is 0.999. The number of hydrogen-bond donors (Lipinski definition) is 3. The number of carbonyl (C=O) groups is 3. The molecule has 0 radical (unpaired) electrons. The van der Waals surface area contributed by atoms with Crippen LogP contribution in [-0.2, 0) is 11.3 Å². The number of methoxy groups -OCH3 is 2. The van der Waals surface area contributed by atoms with E-state index in [0.717, 1.165) is 0 Å². The van der Waals surface area contributed by atoms with Crippen molar-refractivity contribution in [1.82, 2.24) is 10.2 Å². The molecule has 13 heteroatoms. The summed E-state index contributed by atoms with van der Waals surface area (Å²) in [6.07, 6.45) is -0.691. The van der Waals surface area contributed by atoms with Crippen LogP contribution in [0, 0.1) is 9.39 Å². The molecule has 1 aromatic heterocycles. The third-order valence-corrected chi connectivity index (χ3v) is 8.56. The van der Waals surface area contributed by atoms with Crippen LogP contribution in [0.5, 0.6) is 17.2 Å². The SMILES string of the molecule is COc1cc(C=O)cc(I)c1O[C@H]1C=C(C(=O)NCCO)C[C@@H](N(Cc2ccccc2F)C(=O)c2cc3cccc(OC)c3o2)[C@@H]1O. The van der Waals surface area contributed by atoms with Crippen LogP contribution in [0.25, 0.3) is 11.0 Å². The number of amides is 2. The summed E-state index contributed by atoms with van der Waals surface area (Å²) in [4.78, 5) is 40.3. The number of carbonyl (C=O) groups excluding carboxylic acids is 3. The number of furan rings is 1. The Labute approximate surface area is 283 Å². The van der Waals surface area contributed by atoms with Crippen molar-refractivity contribution in [1.29, 1.82) is 0 Å². The summed E-state index contributed by atoms with van der Waals surface area (Å²) in [6.45, 7) is -0.627. The number of nitrogens with zero attached hydrogens (tertiary/aromatic N) is 1. The standard InChI is InChI=1S/C34H32FIN2O9/c1-44-26-9-5-7-20-15-29(47-31(20)26)34(43)38(17-21-6-3-4-8-23(21)35)25-14-22(33(42)37-10-11-39)16-27(30(25)41)46-32-24(36)12-19(18-40)13-28(32)45-2/h3-9,12-13,15-16,18,25,27,30,39,41H,10-11,14,17H2,1-2H3,(H,37,42)/t25-,27+,30+/m1/s1. The lowest BCUT2D eigenvalue weighted by Crippen LogP contribution is -2.54. The Bertz CT molecular complexity index is 1820. The van der Waals surface area contributed by atoms with Gasteiger partial charge in [-0.3, -0.25) is 14.4 Å². The van der Waals surface area contributed by atoms with Crippen molar-refractivity contribution in [3.8, 4) is 17.2 Å². The number of para-hydroxylation sites is 1. The van der Waals surface area contributed by atoms with Gasteiger partial charge in [0, 0.05) is 41.6 Å². The Kier molecular flexibility index (Phi) is 10.8. The number of nitrogens with one attached hydrogen (secondary N) is 1. The van der Waals surface area contributed by atoms with Crippen LogP contribution in [-0.4, -0.2) is 78.8 Å². The van der Waals surface area contributed by atoms with Gasteiger partial charge >= 0.3 is 0 Å². The quantitative estimate of drug-likeness (QED) is 0.143. The number of aliphatic hydroxyl groups is 2. The second-order valence-corrected chi connectivity index (χ2v) is 11.8. The third-order valence-electron chi connectivity index (χ3n) is 7.75. The molecule has 3 N–H and O–H groups in total. The fourth-order valence-electron chi connectivity index (χ4n) is 5.43. The second kappa shape index (κ2) is 15.0. The molecule has 47 heavy (non-hydrogen) atoms. The minimum atomic E-state index is -1.44. The van der Waals surface area contributed by atoms with E-state index in [4.69, 9.17) is 18.6 Å². The van der Waals surface area contributed by atoms with Crippen LogP contribution in [0.15, 0.2) is 76.7 Å².